The Bertz CT molecular complexity index is 1870. The molecule has 2 unspecified atom stereocenters. The average Bonchev–Trinajstić information content (AvgIpc) is 1.25. The van der Waals surface area contributed by atoms with Crippen molar-refractivity contribution in [3.05, 3.63) is 0 Å². The van der Waals surface area contributed by atoms with Gasteiger partial charge in [-0.2, -0.15) is 0 Å². The Kier molecular flexibility index (Phi) is 68.4. The number of phosphoric ester groups is 2. The highest BCUT2D eigenvalue weighted by molar-refractivity contribution is 7.47. The highest BCUT2D eigenvalue weighted by atomic mass is 31.2. The second-order valence-corrected chi connectivity index (χ2v) is 32.0. The maximum Gasteiger partial charge on any atom is 0.472 e. The van der Waals surface area contributed by atoms with E-state index in [1.165, 1.54) is 225 Å². The molecular weight excluding hydrogens is 1270 g/mol. The Hall–Kier alpha value is -1.94. The van der Waals surface area contributed by atoms with Gasteiger partial charge in [0.1, 0.15) is 19.3 Å². The second kappa shape index (κ2) is 69.8. The molecular formula is C78H152O17P2. The van der Waals surface area contributed by atoms with E-state index >= 15 is 0 Å². The van der Waals surface area contributed by atoms with E-state index in [4.69, 9.17) is 37.0 Å². The molecule has 0 aromatic rings. The number of ether oxygens (including phenoxy) is 4. The molecule has 0 heterocycles. The molecule has 0 spiro atoms. The van der Waals surface area contributed by atoms with Crippen LogP contribution < -0.4 is 0 Å². The molecule has 0 bridgehead atoms. The van der Waals surface area contributed by atoms with Crippen molar-refractivity contribution >= 4 is 39.5 Å². The molecule has 0 radical (unpaired) electrons. The molecule has 0 rings (SSSR count). The van der Waals surface area contributed by atoms with Gasteiger partial charge in [-0.25, -0.2) is 9.13 Å². The summed E-state index contributed by atoms with van der Waals surface area (Å²) in [5, 5.41) is 10.6. The summed E-state index contributed by atoms with van der Waals surface area (Å²) in [6.45, 7) is 9.54. The van der Waals surface area contributed by atoms with E-state index < -0.39 is 97.5 Å². The van der Waals surface area contributed by atoms with E-state index in [1.54, 1.807) is 0 Å². The molecule has 19 heteroatoms. The Labute approximate surface area is 594 Å². The quantitative estimate of drug-likeness (QED) is 0.0222. The first-order chi connectivity index (χ1) is 46.9. The van der Waals surface area contributed by atoms with Crippen molar-refractivity contribution in [3.8, 4) is 0 Å². The number of aliphatic hydroxyl groups is 1. The highest BCUT2D eigenvalue weighted by Gasteiger charge is 2.30. The van der Waals surface area contributed by atoms with Crippen molar-refractivity contribution < 1.29 is 80.2 Å². The summed E-state index contributed by atoms with van der Waals surface area (Å²) < 4.78 is 68.5. The van der Waals surface area contributed by atoms with Crippen molar-refractivity contribution in [3.63, 3.8) is 0 Å². The molecule has 0 fully saturated rings. The van der Waals surface area contributed by atoms with Crippen LogP contribution in [-0.2, 0) is 65.4 Å². The van der Waals surface area contributed by atoms with E-state index in [0.717, 1.165) is 95.8 Å². The SMILES string of the molecule is CCCCCCCCCCCCCCCCCCCCCCCCC(=O)O[C@H](COC(=O)CCCCCCCCCCCCCCC(C)C)COP(=O)(O)OC[C@@H](O)COP(=O)(O)OC[C@@H](COC(=O)CCCCCCCCCCCC)OC(=O)CCCCCCCCCC(C)C. The Morgan fingerprint density at radius 3 is 0.701 bits per heavy atom. The predicted octanol–water partition coefficient (Wildman–Crippen LogP) is 23.1. The summed E-state index contributed by atoms with van der Waals surface area (Å²) in [4.78, 5) is 72.8. The number of hydrogen-bond donors (Lipinski definition) is 3. The summed E-state index contributed by atoms with van der Waals surface area (Å²) in [6, 6.07) is 0. The average molecular weight is 1420 g/mol. The lowest BCUT2D eigenvalue weighted by Crippen LogP contribution is -2.30. The van der Waals surface area contributed by atoms with Crippen molar-refractivity contribution in [1.82, 2.24) is 0 Å². The van der Waals surface area contributed by atoms with Gasteiger partial charge in [-0.1, -0.05) is 356 Å². The van der Waals surface area contributed by atoms with Gasteiger partial charge in [0.15, 0.2) is 12.2 Å². The lowest BCUT2D eigenvalue weighted by Gasteiger charge is -2.21. The molecule has 97 heavy (non-hydrogen) atoms. The van der Waals surface area contributed by atoms with E-state index in [9.17, 15) is 43.2 Å². The highest BCUT2D eigenvalue weighted by Crippen LogP contribution is 2.45. The van der Waals surface area contributed by atoms with Crippen LogP contribution in [0.5, 0.6) is 0 Å². The first-order valence-corrected chi connectivity index (χ1v) is 43.5. The van der Waals surface area contributed by atoms with Crippen LogP contribution in [0.15, 0.2) is 0 Å². The van der Waals surface area contributed by atoms with Crippen LogP contribution in [0.2, 0.25) is 0 Å². The zero-order chi connectivity index (χ0) is 71.4. The number of esters is 4. The minimum absolute atomic E-state index is 0.104. The van der Waals surface area contributed by atoms with Crippen LogP contribution in [0.3, 0.4) is 0 Å². The Morgan fingerprint density at radius 2 is 0.474 bits per heavy atom. The minimum atomic E-state index is -4.96. The summed E-state index contributed by atoms with van der Waals surface area (Å²) >= 11 is 0. The maximum absolute atomic E-state index is 13.1. The van der Waals surface area contributed by atoms with Crippen LogP contribution >= 0.6 is 15.6 Å². The van der Waals surface area contributed by atoms with Gasteiger partial charge in [0.25, 0.3) is 0 Å². The van der Waals surface area contributed by atoms with Gasteiger partial charge in [-0.15, -0.1) is 0 Å². The predicted molar refractivity (Wildman–Crippen MR) is 395 cm³/mol. The minimum Gasteiger partial charge on any atom is -0.462 e. The fraction of sp³-hybridized carbons (Fsp3) is 0.949. The number of carbonyl (C=O) groups is 4. The maximum atomic E-state index is 13.1. The zero-order valence-corrected chi connectivity index (χ0v) is 65.2. The Balaban J connectivity index is 5.18. The summed E-state index contributed by atoms with van der Waals surface area (Å²) in [6.07, 6.45) is 58.5. The largest absolute Gasteiger partial charge is 0.472 e. The third-order valence-corrected chi connectivity index (χ3v) is 20.1. The molecule has 0 aliphatic carbocycles. The van der Waals surface area contributed by atoms with E-state index in [0.29, 0.717) is 31.6 Å². The molecule has 3 N–H and O–H groups in total. The monoisotopic (exact) mass is 1420 g/mol. The molecule has 0 saturated carbocycles. The summed E-state index contributed by atoms with van der Waals surface area (Å²) in [5.74, 6) is -0.640. The van der Waals surface area contributed by atoms with Gasteiger partial charge in [0, 0.05) is 25.7 Å². The molecule has 5 atom stereocenters. The third-order valence-electron chi connectivity index (χ3n) is 18.2. The standard InChI is InChI=1S/C78H152O17P2/c1-7-9-11-13-15-17-19-20-21-22-23-24-25-26-27-28-29-34-38-44-50-56-62-77(82)94-73(66-89-76(81)61-55-49-43-37-33-31-30-32-35-40-46-52-58-70(3)4)68-92-96(84,85)90-64-72(79)65-91-97(86,87)93-69-74(95-78(83)63-57-51-45-39-41-47-53-59-71(5)6)67-88-75(80)60-54-48-42-36-18-16-14-12-10-8-2/h70-74,79H,7-69H2,1-6H3,(H,84,85)(H,86,87)/t72-,73-,74-/m1/s1. The second-order valence-electron chi connectivity index (χ2n) is 29.1. The number of phosphoric acid groups is 2. The van der Waals surface area contributed by atoms with Crippen LogP contribution in [0.1, 0.15) is 408 Å². The number of hydrogen-bond acceptors (Lipinski definition) is 15. The zero-order valence-electron chi connectivity index (χ0n) is 63.4. The van der Waals surface area contributed by atoms with Gasteiger partial charge in [-0.05, 0) is 37.5 Å². The van der Waals surface area contributed by atoms with Crippen LogP contribution in [0.4, 0.5) is 0 Å². The van der Waals surface area contributed by atoms with Gasteiger partial charge in [0.05, 0.1) is 26.4 Å². The van der Waals surface area contributed by atoms with Gasteiger partial charge < -0.3 is 33.8 Å². The van der Waals surface area contributed by atoms with Crippen molar-refractivity contribution in [2.45, 2.75) is 426 Å². The van der Waals surface area contributed by atoms with E-state index in [2.05, 4.69) is 41.5 Å². The van der Waals surface area contributed by atoms with Crippen molar-refractivity contribution in [2.24, 2.45) is 11.8 Å². The topological polar surface area (TPSA) is 237 Å². The van der Waals surface area contributed by atoms with Crippen LogP contribution in [0.25, 0.3) is 0 Å². The smallest absolute Gasteiger partial charge is 0.462 e. The van der Waals surface area contributed by atoms with E-state index in [1.807, 2.05) is 0 Å². The molecule has 0 amide bonds. The molecule has 17 nitrogen and oxygen atoms in total. The van der Waals surface area contributed by atoms with Crippen LogP contribution in [0, 0.1) is 11.8 Å². The number of carbonyl (C=O) groups excluding carboxylic acids is 4. The van der Waals surface area contributed by atoms with Crippen molar-refractivity contribution in [2.75, 3.05) is 39.6 Å². The lowest BCUT2D eigenvalue weighted by molar-refractivity contribution is -0.161. The summed E-state index contributed by atoms with van der Waals surface area (Å²) in [7, 11) is -9.91. The fourth-order valence-corrected chi connectivity index (χ4v) is 13.6. The molecule has 0 aliphatic rings. The molecule has 0 saturated heterocycles. The van der Waals surface area contributed by atoms with Gasteiger partial charge >= 0.3 is 39.5 Å². The molecule has 0 aliphatic heterocycles. The number of unbranched alkanes of at least 4 members (excludes halogenated alkanes) is 47. The van der Waals surface area contributed by atoms with Crippen LogP contribution in [-0.4, -0.2) is 96.7 Å². The van der Waals surface area contributed by atoms with Crippen molar-refractivity contribution in [1.29, 1.82) is 0 Å². The first-order valence-electron chi connectivity index (χ1n) is 40.5. The molecule has 0 aromatic carbocycles. The van der Waals surface area contributed by atoms with Gasteiger partial charge in [-0.3, -0.25) is 37.3 Å². The molecule has 576 valence electrons. The number of aliphatic hydroxyl groups excluding tert-OH is 1. The Morgan fingerprint density at radius 1 is 0.278 bits per heavy atom. The normalized spacial score (nSPS) is 14.0. The van der Waals surface area contributed by atoms with Gasteiger partial charge in [0.2, 0.25) is 0 Å². The first kappa shape index (κ1) is 95.1. The lowest BCUT2D eigenvalue weighted by atomic mass is 10.0. The summed E-state index contributed by atoms with van der Waals surface area (Å²) in [5.41, 5.74) is 0. The fourth-order valence-electron chi connectivity index (χ4n) is 12.0. The van der Waals surface area contributed by atoms with E-state index in [-0.39, 0.29) is 25.7 Å². The third kappa shape index (κ3) is 72.2. The molecule has 0 aromatic heterocycles. The number of rotatable bonds is 77.